The third kappa shape index (κ3) is 5.12. The van der Waals surface area contributed by atoms with Crippen molar-refractivity contribution in [2.24, 2.45) is 0 Å². The fraction of sp³-hybridized carbons (Fsp3) is 0.419. The van der Waals surface area contributed by atoms with Crippen molar-refractivity contribution in [2.45, 2.75) is 85.7 Å². The molecule has 0 saturated carbocycles. The first-order valence-corrected chi connectivity index (χ1v) is 13.1. The Kier molecular flexibility index (Phi) is 7.30. The third-order valence-corrected chi connectivity index (χ3v) is 6.91. The number of para-hydroxylation sites is 2. The van der Waals surface area contributed by atoms with E-state index in [1.807, 2.05) is 0 Å². The lowest BCUT2D eigenvalue weighted by Crippen LogP contribution is -2.49. The molecule has 0 atom stereocenters. The average molecular weight is 471 g/mol. The molecule has 0 spiro atoms. The van der Waals surface area contributed by atoms with Crippen molar-refractivity contribution >= 4 is 0 Å². The van der Waals surface area contributed by atoms with Gasteiger partial charge in [-0.25, -0.2) is 9.13 Å². The van der Waals surface area contributed by atoms with Crippen molar-refractivity contribution in [3.63, 3.8) is 0 Å². The molecule has 4 aromatic rings. The minimum Gasteiger partial charge on any atom is -0.202 e. The van der Waals surface area contributed by atoms with Crippen LogP contribution in [0.3, 0.4) is 0 Å². The molecule has 0 aliphatic heterocycles. The summed E-state index contributed by atoms with van der Waals surface area (Å²) in [6.07, 6.45) is 13.2. The highest BCUT2D eigenvalue weighted by Gasteiger charge is 2.22. The van der Waals surface area contributed by atoms with Crippen LogP contribution in [-0.4, -0.2) is 9.13 Å². The number of benzene rings is 2. The maximum Gasteiger partial charge on any atom is 0.252 e. The van der Waals surface area contributed by atoms with E-state index in [9.17, 15) is 0 Å². The van der Waals surface area contributed by atoms with Crippen LogP contribution in [0.25, 0.3) is 11.4 Å². The summed E-state index contributed by atoms with van der Waals surface area (Å²) in [6.45, 7) is 19.0. The van der Waals surface area contributed by atoms with Crippen LogP contribution < -0.4 is 9.13 Å². The maximum absolute atomic E-state index is 2.30. The molecular weight excluding hydrogens is 428 g/mol. The van der Waals surface area contributed by atoms with Crippen molar-refractivity contribution in [1.82, 2.24) is 9.13 Å². The molecule has 4 nitrogen and oxygen atoms in total. The van der Waals surface area contributed by atoms with E-state index in [-0.39, 0.29) is 0 Å². The summed E-state index contributed by atoms with van der Waals surface area (Å²) in [6, 6.07) is 13.5. The van der Waals surface area contributed by atoms with Gasteiger partial charge in [-0.1, -0.05) is 91.8 Å². The standard InChI is InChI=1S/C31H42N4/c1-22(2)26-11-9-12-27(23(3)4)30(26)34-17-15-32(20-34)19-33-16-18-35(21-33)31-28(24(5)6)13-10-14-29(31)25(7)8/h9-18,20-25H,19H2,1-8H3/q+2. The predicted molar refractivity (Wildman–Crippen MR) is 144 cm³/mol. The van der Waals surface area contributed by atoms with Crippen LogP contribution in [0.2, 0.25) is 0 Å². The second kappa shape index (κ2) is 10.2. The highest BCUT2D eigenvalue weighted by atomic mass is 15.2. The van der Waals surface area contributed by atoms with Gasteiger partial charge in [0.15, 0.2) is 0 Å². The van der Waals surface area contributed by atoms with Gasteiger partial charge >= 0.3 is 0 Å². The number of imidazole rings is 2. The number of nitrogens with zero attached hydrogens (tertiary/aromatic N) is 4. The Hall–Kier alpha value is -3.14. The lowest BCUT2D eigenvalue weighted by atomic mass is 9.92. The summed E-state index contributed by atoms with van der Waals surface area (Å²) in [5.74, 6) is 1.89. The van der Waals surface area contributed by atoms with E-state index < -0.39 is 0 Å². The molecule has 0 amide bonds. The second-order valence-electron chi connectivity index (χ2n) is 11.0. The van der Waals surface area contributed by atoms with E-state index in [1.165, 1.54) is 33.6 Å². The maximum atomic E-state index is 2.30. The van der Waals surface area contributed by atoms with Crippen molar-refractivity contribution < 1.29 is 9.13 Å². The van der Waals surface area contributed by atoms with Crippen LogP contribution in [-0.2, 0) is 6.67 Å². The quantitative estimate of drug-likeness (QED) is 0.251. The van der Waals surface area contributed by atoms with E-state index in [4.69, 9.17) is 0 Å². The van der Waals surface area contributed by atoms with E-state index in [0.717, 1.165) is 6.67 Å². The first kappa shape index (κ1) is 25.0. The largest absolute Gasteiger partial charge is 0.252 e. The van der Waals surface area contributed by atoms with Crippen molar-refractivity contribution in [1.29, 1.82) is 0 Å². The molecular formula is C31H42N4+2. The smallest absolute Gasteiger partial charge is 0.202 e. The van der Waals surface area contributed by atoms with Crippen LogP contribution in [0, 0.1) is 0 Å². The molecule has 4 rings (SSSR count). The summed E-state index contributed by atoms with van der Waals surface area (Å²) in [5, 5.41) is 0. The Balaban J connectivity index is 1.67. The molecule has 2 aromatic heterocycles. The number of hydrogen-bond donors (Lipinski definition) is 0. The van der Waals surface area contributed by atoms with Crippen LogP contribution in [0.15, 0.2) is 73.8 Å². The van der Waals surface area contributed by atoms with Crippen LogP contribution in [0.1, 0.15) is 101 Å². The normalized spacial score (nSPS) is 12.0. The molecule has 2 heterocycles. The summed E-state index contributed by atoms with van der Waals surface area (Å²) in [7, 11) is 0. The lowest BCUT2D eigenvalue weighted by Gasteiger charge is -2.16. The van der Waals surface area contributed by atoms with Gasteiger partial charge in [0.1, 0.15) is 36.2 Å². The number of hydrogen-bond acceptors (Lipinski definition) is 0. The fourth-order valence-electron chi connectivity index (χ4n) is 5.03. The Morgan fingerprint density at radius 1 is 0.543 bits per heavy atom. The molecule has 184 valence electrons. The monoisotopic (exact) mass is 470 g/mol. The van der Waals surface area contributed by atoms with Crippen LogP contribution in [0.4, 0.5) is 0 Å². The van der Waals surface area contributed by atoms with E-state index in [1.54, 1.807) is 0 Å². The first-order chi connectivity index (χ1) is 16.7. The molecule has 4 heteroatoms. The lowest BCUT2D eigenvalue weighted by molar-refractivity contribution is -0.912. The second-order valence-corrected chi connectivity index (χ2v) is 11.0. The van der Waals surface area contributed by atoms with Crippen molar-refractivity contribution in [3.05, 3.63) is 96.1 Å². The molecule has 0 aliphatic rings. The topological polar surface area (TPSA) is 17.6 Å². The fourth-order valence-corrected chi connectivity index (χ4v) is 5.03. The average Bonchev–Trinajstić information content (AvgIpc) is 3.47. The summed E-state index contributed by atoms with van der Waals surface area (Å²) >= 11 is 0. The Bertz CT molecular complexity index is 1130. The molecule has 0 radical (unpaired) electrons. The Morgan fingerprint density at radius 2 is 0.857 bits per heavy atom. The predicted octanol–water partition coefficient (Wildman–Crippen LogP) is 6.84. The minimum atomic E-state index is 0.471. The van der Waals surface area contributed by atoms with E-state index in [0.29, 0.717) is 23.7 Å². The molecule has 0 saturated heterocycles. The van der Waals surface area contributed by atoms with Gasteiger partial charge in [0, 0.05) is 22.3 Å². The van der Waals surface area contributed by atoms with Crippen LogP contribution >= 0.6 is 0 Å². The summed E-state index contributed by atoms with van der Waals surface area (Å²) in [5.41, 5.74) is 8.22. The van der Waals surface area contributed by atoms with Crippen LogP contribution in [0.5, 0.6) is 0 Å². The molecule has 0 aliphatic carbocycles. The van der Waals surface area contributed by atoms with Crippen molar-refractivity contribution in [3.8, 4) is 11.4 Å². The van der Waals surface area contributed by atoms with Gasteiger partial charge in [-0.3, -0.25) is 0 Å². The highest BCUT2D eigenvalue weighted by molar-refractivity contribution is 5.51. The number of rotatable bonds is 8. The molecule has 35 heavy (non-hydrogen) atoms. The van der Waals surface area contributed by atoms with Gasteiger partial charge in [0.25, 0.3) is 12.7 Å². The zero-order valence-electron chi connectivity index (χ0n) is 22.7. The van der Waals surface area contributed by atoms with Gasteiger partial charge < -0.3 is 0 Å². The molecule has 0 fully saturated rings. The van der Waals surface area contributed by atoms with Gasteiger partial charge in [-0.05, 0) is 23.7 Å². The molecule has 0 unspecified atom stereocenters. The summed E-state index contributed by atoms with van der Waals surface area (Å²) in [4.78, 5) is 0. The molecule has 0 N–H and O–H groups in total. The summed E-state index contributed by atoms with van der Waals surface area (Å²) < 4.78 is 9.10. The molecule has 0 bridgehead atoms. The number of aromatic nitrogens is 4. The first-order valence-electron chi connectivity index (χ1n) is 13.1. The van der Waals surface area contributed by atoms with E-state index >= 15 is 0 Å². The van der Waals surface area contributed by atoms with Crippen molar-refractivity contribution in [2.75, 3.05) is 0 Å². The Labute approximate surface area is 211 Å². The van der Waals surface area contributed by atoms with Gasteiger partial charge in [0.05, 0.1) is 0 Å². The highest BCUT2D eigenvalue weighted by Crippen LogP contribution is 2.31. The van der Waals surface area contributed by atoms with Gasteiger partial charge in [-0.15, -0.1) is 0 Å². The van der Waals surface area contributed by atoms with Gasteiger partial charge in [-0.2, -0.15) is 9.13 Å². The third-order valence-electron chi connectivity index (χ3n) is 6.91. The SMILES string of the molecule is CC(C)c1cccc(C(C)C)c1-n1cc[n+](C[n+]2ccn(-c3c(C(C)C)cccc3C(C)C)c2)c1. The Morgan fingerprint density at radius 3 is 1.14 bits per heavy atom. The van der Waals surface area contributed by atoms with E-state index in [2.05, 4.69) is 147 Å². The molecule has 2 aromatic carbocycles. The minimum absolute atomic E-state index is 0.471. The zero-order valence-corrected chi connectivity index (χ0v) is 22.7. The van der Waals surface area contributed by atoms with Gasteiger partial charge in [0.2, 0.25) is 6.67 Å². The zero-order chi connectivity index (χ0) is 25.3.